The zero-order valence-corrected chi connectivity index (χ0v) is 14.2. The van der Waals surface area contributed by atoms with Crippen LogP contribution in [-0.4, -0.2) is 31.0 Å². The predicted molar refractivity (Wildman–Crippen MR) is 88.6 cm³/mol. The van der Waals surface area contributed by atoms with E-state index in [-0.39, 0.29) is 0 Å². The van der Waals surface area contributed by atoms with E-state index in [1.165, 1.54) is 19.3 Å². The fourth-order valence-corrected chi connectivity index (χ4v) is 2.51. The molecule has 0 bridgehead atoms. The highest BCUT2D eigenvalue weighted by molar-refractivity contribution is 9.10. The lowest BCUT2D eigenvalue weighted by Crippen LogP contribution is -2.25. The first-order valence-electron chi connectivity index (χ1n) is 7.08. The number of aliphatic hydroxyl groups excluding tert-OH is 1. The van der Waals surface area contributed by atoms with Crippen LogP contribution in [0.15, 0.2) is 22.7 Å². The molecule has 0 amide bonds. The zero-order chi connectivity index (χ0) is 14.8. The van der Waals surface area contributed by atoms with E-state index in [1.807, 2.05) is 18.2 Å². The van der Waals surface area contributed by atoms with Crippen LogP contribution in [0.4, 0.5) is 5.69 Å². The molecule has 0 fully saturated rings. The van der Waals surface area contributed by atoms with Gasteiger partial charge in [-0.15, -0.1) is 0 Å². The van der Waals surface area contributed by atoms with Gasteiger partial charge in [0.15, 0.2) is 0 Å². The van der Waals surface area contributed by atoms with E-state index in [0.29, 0.717) is 18.2 Å². The van der Waals surface area contributed by atoms with Crippen LogP contribution < -0.4 is 5.32 Å². The average Bonchev–Trinajstić information content (AvgIpc) is 2.41. The summed E-state index contributed by atoms with van der Waals surface area (Å²) < 4.78 is 6.38. The van der Waals surface area contributed by atoms with Crippen LogP contribution in [-0.2, 0) is 4.74 Å². The molecule has 0 saturated heterocycles. The minimum Gasteiger partial charge on any atom is -0.389 e. The van der Waals surface area contributed by atoms with Crippen molar-refractivity contribution in [3.8, 4) is 0 Å². The molecule has 0 spiro atoms. The van der Waals surface area contributed by atoms with Gasteiger partial charge >= 0.3 is 0 Å². The number of halogens is 2. The highest BCUT2D eigenvalue weighted by atomic mass is 79.9. The zero-order valence-electron chi connectivity index (χ0n) is 11.9. The number of benzene rings is 1. The van der Waals surface area contributed by atoms with Gasteiger partial charge < -0.3 is 15.2 Å². The first kappa shape index (κ1) is 17.8. The molecule has 1 atom stereocenters. The molecule has 0 aliphatic rings. The topological polar surface area (TPSA) is 41.5 Å². The van der Waals surface area contributed by atoms with Gasteiger partial charge in [-0.1, -0.05) is 53.7 Å². The average molecular weight is 365 g/mol. The molecule has 0 aliphatic carbocycles. The quantitative estimate of drug-likeness (QED) is 0.602. The van der Waals surface area contributed by atoms with Crippen molar-refractivity contribution >= 4 is 33.2 Å². The lowest BCUT2D eigenvalue weighted by atomic mass is 10.2. The molecule has 1 rings (SSSR count). The van der Waals surface area contributed by atoms with Gasteiger partial charge in [-0.3, -0.25) is 0 Å². The van der Waals surface area contributed by atoms with E-state index < -0.39 is 6.10 Å². The van der Waals surface area contributed by atoms with Crippen molar-refractivity contribution in [1.82, 2.24) is 0 Å². The highest BCUT2D eigenvalue weighted by Gasteiger charge is 2.06. The number of anilines is 1. The number of unbranched alkanes of at least 4 members (excludes halogenated alkanes) is 3. The molecule has 20 heavy (non-hydrogen) atoms. The Morgan fingerprint density at radius 1 is 1.35 bits per heavy atom. The summed E-state index contributed by atoms with van der Waals surface area (Å²) in [6.07, 6.45) is 4.20. The molecule has 0 heterocycles. The summed E-state index contributed by atoms with van der Waals surface area (Å²) in [6.45, 7) is 3.68. The van der Waals surface area contributed by atoms with Crippen LogP contribution in [0.3, 0.4) is 0 Å². The fourth-order valence-electron chi connectivity index (χ4n) is 1.77. The van der Waals surface area contributed by atoms with E-state index in [1.54, 1.807) is 0 Å². The Balaban J connectivity index is 2.14. The van der Waals surface area contributed by atoms with Crippen molar-refractivity contribution < 1.29 is 9.84 Å². The van der Waals surface area contributed by atoms with E-state index in [2.05, 4.69) is 28.2 Å². The molecule has 5 heteroatoms. The van der Waals surface area contributed by atoms with Crippen LogP contribution >= 0.6 is 27.5 Å². The predicted octanol–water partition coefficient (Wildman–Crippen LogP) is 4.47. The van der Waals surface area contributed by atoms with Crippen LogP contribution in [0.25, 0.3) is 0 Å². The number of ether oxygens (including phenoxy) is 1. The Morgan fingerprint density at radius 2 is 2.15 bits per heavy atom. The van der Waals surface area contributed by atoms with Crippen molar-refractivity contribution in [2.45, 2.75) is 38.7 Å². The molecule has 1 aromatic carbocycles. The Labute approximate surface area is 134 Å². The maximum Gasteiger partial charge on any atom is 0.0945 e. The number of aliphatic hydroxyl groups is 1. The monoisotopic (exact) mass is 363 g/mol. The van der Waals surface area contributed by atoms with Gasteiger partial charge in [-0.25, -0.2) is 0 Å². The highest BCUT2D eigenvalue weighted by Crippen LogP contribution is 2.25. The van der Waals surface area contributed by atoms with E-state index in [4.69, 9.17) is 16.3 Å². The molecule has 1 aromatic rings. The molecular weight excluding hydrogens is 342 g/mol. The molecule has 0 saturated carbocycles. The van der Waals surface area contributed by atoms with E-state index in [0.717, 1.165) is 23.2 Å². The van der Waals surface area contributed by atoms with Gasteiger partial charge in [-0.2, -0.15) is 0 Å². The molecule has 114 valence electrons. The Kier molecular flexibility index (Phi) is 9.27. The molecule has 1 unspecified atom stereocenters. The van der Waals surface area contributed by atoms with Crippen LogP contribution in [0.1, 0.15) is 32.6 Å². The standard InChI is InChI=1S/C15H23BrClNO2/c1-2-3-4-5-8-20-11-13(19)10-18-15-7-6-12(16)9-14(15)17/h6-7,9,13,18-19H,2-5,8,10-11H2,1H3. The summed E-state index contributed by atoms with van der Waals surface area (Å²) in [6, 6.07) is 5.61. The number of rotatable bonds is 10. The van der Waals surface area contributed by atoms with Gasteiger partial charge in [0.2, 0.25) is 0 Å². The number of hydrogen-bond donors (Lipinski definition) is 2. The van der Waals surface area contributed by atoms with Gasteiger partial charge in [0.05, 0.1) is 23.4 Å². The van der Waals surface area contributed by atoms with Gasteiger partial charge in [0, 0.05) is 17.6 Å². The van der Waals surface area contributed by atoms with Gasteiger partial charge in [-0.05, 0) is 24.6 Å². The first-order valence-corrected chi connectivity index (χ1v) is 8.25. The number of hydrogen-bond acceptors (Lipinski definition) is 3. The van der Waals surface area contributed by atoms with Gasteiger partial charge in [0.1, 0.15) is 0 Å². The van der Waals surface area contributed by atoms with Crippen molar-refractivity contribution in [3.05, 3.63) is 27.7 Å². The second-order valence-electron chi connectivity index (χ2n) is 4.79. The smallest absolute Gasteiger partial charge is 0.0945 e. The Morgan fingerprint density at radius 3 is 2.85 bits per heavy atom. The van der Waals surface area contributed by atoms with Crippen molar-refractivity contribution in [3.63, 3.8) is 0 Å². The third-order valence-corrected chi connectivity index (χ3v) is 3.72. The summed E-state index contributed by atoms with van der Waals surface area (Å²) in [4.78, 5) is 0. The van der Waals surface area contributed by atoms with E-state index >= 15 is 0 Å². The SMILES string of the molecule is CCCCCCOCC(O)CNc1ccc(Br)cc1Cl. The van der Waals surface area contributed by atoms with Crippen molar-refractivity contribution in [2.24, 2.45) is 0 Å². The fraction of sp³-hybridized carbons (Fsp3) is 0.600. The minimum atomic E-state index is -0.527. The second-order valence-corrected chi connectivity index (χ2v) is 6.12. The van der Waals surface area contributed by atoms with Crippen molar-refractivity contribution in [1.29, 1.82) is 0 Å². The van der Waals surface area contributed by atoms with Gasteiger partial charge in [0.25, 0.3) is 0 Å². The molecule has 0 aliphatic heterocycles. The normalized spacial score (nSPS) is 12.4. The maximum absolute atomic E-state index is 9.82. The lowest BCUT2D eigenvalue weighted by Gasteiger charge is -2.14. The Hall–Kier alpha value is -0.290. The van der Waals surface area contributed by atoms with Crippen LogP contribution in [0.2, 0.25) is 5.02 Å². The molecule has 0 aromatic heterocycles. The van der Waals surface area contributed by atoms with Crippen molar-refractivity contribution in [2.75, 3.05) is 25.1 Å². The largest absolute Gasteiger partial charge is 0.389 e. The second kappa shape index (κ2) is 10.4. The summed E-state index contributed by atoms with van der Waals surface area (Å²) in [5, 5.41) is 13.6. The summed E-state index contributed by atoms with van der Waals surface area (Å²) in [5.74, 6) is 0. The molecule has 2 N–H and O–H groups in total. The third-order valence-electron chi connectivity index (χ3n) is 2.91. The summed E-state index contributed by atoms with van der Waals surface area (Å²) >= 11 is 9.44. The molecule has 3 nitrogen and oxygen atoms in total. The first-order chi connectivity index (χ1) is 9.63. The summed E-state index contributed by atoms with van der Waals surface area (Å²) in [7, 11) is 0. The maximum atomic E-state index is 9.82. The van der Waals surface area contributed by atoms with E-state index in [9.17, 15) is 5.11 Å². The third kappa shape index (κ3) is 7.48. The number of nitrogens with one attached hydrogen (secondary N) is 1. The molecular formula is C15H23BrClNO2. The molecule has 0 radical (unpaired) electrons. The Bertz CT molecular complexity index is 390. The minimum absolute atomic E-state index is 0.354. The van der Waals surface area contributed by atoms with Crippen LogP contribution in [0.5, 0.6) is 0 Å². The lowest BCUT2D eigenvalue weighted by molar-refractivity contribution is 0.0417. The van der Waals surface area contributed by atoms with Crippen LogP contribution in [0, 0.1) is 0 Å². The summed E-state index contributed by atoms with van der Waals surface area (Å²) in [5.41, 5.74) is 0.817.